The molecule has 1 aromatic heterocycles. The van der Waals surface area contributed by atoms with Crippen molar-refractivity contribution in [1.29, 1.82) is 0 Å². The van der Waals surface area contributed by atoms with E-state index in [1.54, 1.807) is 0 Å². The predicted molar refractivity (Wildman–Crippen MR) is 79.5 cm³/mol. The van der Waals surface area contributed by atoms with Crippen LogP contribution in [-0.2, 0) is 13.0 Å². The van der Waals surface area contributed by atoms with E-state index in [0.717, 1.165) is 17.1 Å². The Hall–Kier alpha value is -1.06. The highest BCUT2D eigenvalue weighted by molar-refractivity contribution is 7.15. The fourth-order valence-corrected chi connectivity index (χ4v) is 2.64. The molecule has 0 amide bonds. The van der Waals surface area contributed by atoms with Crippen molar-refractivity contribution in [3.05, 3.63) is 45.4 Å². The van der Waals surface area contributed by atoms with E-state index in [0.29, 0.717) is 4.47 Å². The fourth-order valence-electron chi connectivity index (χ4n) is 1.72. The van der Waals surface area contributed by atoms with E-state index in [-0.39, 0.29) is 0 Å². The molecule has 2 aromatic rings. The van der Waals surface area contributed by atoms with Crippen molar-refractivity contribution in [3.8, 4) is 0 Å². The maximum absolute atomic E-state index is 5.79. The summed E-state index contributed by atoms with van der Waals surface area (Å²) in [6.45, 7) is 2.99. The third kappa shape index (κ3) is 4.00. The summed E-state index contributed by atoms with van der Waals surface area (Å²) in [5, 5.41) is 3.37. The van der Waals surface area contributed by atoms with Crippen LogP contribution in [0.2, 0.25) is 4.47 Å². The minimum Gasteiger partial charge on any atom is -0.380 e. The Balaban J connectivity index is 1.86. The van der Waals surface area contributed by atoms with Gasteiger partial charge in [-0.1, -0.05) is 37.1 Å². The molecule has 2 rings (SSSR count). The first-order chi connectivity index (χ1) is 8.78. The summed E-state index contributed by atoms with van der Waals surface area (Å²) in [7, 11) is 0. The van der Waals surface area contributed by atoms with Gasteiger partial charge in [0.05, 0.1) is 6.54 Å². The van der Waals surface area contributed by atoms with E-state index in [4.69, 9.17) is 11.6 Å². The molecular formula is C14H17ClN2S. The summed E-state index contributed by atoms with van der Waals surface area (Å²) in [5.41, 5.74) is 2.54. The van der Waals surface area contributed by atoms with Crippen LogP contribution in [0.4, 0.5) is 5.69 Å². The first-order valence-electron chi connectivity index (χ1n) is 6.21. The molecule has 0 spiro atoms. The monoisotopic (exact) mass is 280 g/mol. The number of halogens is 1. The van der Waals surface area contributed by atoms with Gasteiger partial charge in [0.25, 0.3) is 0 Å². The highest BCUT2D eigenvalue weighted by Gasteiger charge is 1.99. The number of anilines is 1. The Morgan fingerprint density at radius 1 is 1.28 bits per heavy atom. The molecular weight excluding hydrogens is 264 g/mol. The third-order valence-corrected chi connectivity index (χ3v) is 3.88. The van der Waals surface area contributed by atoms with Crippen molar-refractivity contribution in [2.45, 2.75) is 32.7 Å². The smallest absolute Gasteiger partial charge is 0.183 e. The zero-order valence-corrected chi connectivity index (χ0v) is 12.0. The van der Waals surface area contributed by atoms with E-state index >= 15 is 0 Å². The van der Waals surface area contributed by atoms with Crippen LogP contribution in [0.3, 0.4) is 0 Å². The van der Waals surface area contributed by atoms with Gasteiger partial charge in [0.2, 0.25) is 0 Å². The summed E-state index contributed by atoms with van der Waals surface area (Å²) >= 11 is 7.30. The number of nitrogens with one attached hydrogen (secondary N) is 1. The molecule has 1 aromatic carbocycles. The topological polar surface area (TPSA) is 24.9 Å². The number of aromatic nitrogens is 1. The van der Waals surface area contributed by atoms with Crippen LogP contribution in [0, 0.1) is 0 Å². The average molecular weight is 281 g/mol. The van der Waals surface area contributed by atoms with Crippen LogP contribution in [-0.4, -0.2) is 4.98 Å². The molecule has 1 heterocycles. The van der Waals surface area contributed by atoms with E-state index in [9.17, 15) is 0 Å². The van der Waals surface area contributed by atoms with Gasteiger partial charge in [-0.2, -0.15) is 0 Å². The van der Waals surface area contributed by atoms with Crippen molar-refractivity contribution in [2.75, 3.05) is 5.32 Å². The number of unbranched alkanes of at least 4 members (excludes halogenated alkanes) is 1. The Labute approximate surface area is 117 Å². The quantitative estimate of drug-likeness (QED) is 0.826. The highest BCUT2D eigenvalue weighted by Crippen LogP contribution is 2.19. The predicted octanol–water partition coefficient (Wildman–Crippen LogP) is 4.75. The molecule has 2 nitrogen and oxygen atoms in total. The molecule has 4 heteroatoms. The average Bonchev–Trinajstić information content (AvgIpc) is 2.81. The van der Waals surface area contributed by atoms with Crippen LogP contribution in [0.1, 0.15) is 30.2 Å². The number of thiazole rings is 1. The minimum atomic E-state index is 0.599. The van der Waals surface area contributed by atoms with Crippen molar-refractivity contribution in [1.82, 2.24) is 4.98 Å². The highest BCUT2D eigenvalue weighted by atomic mass is 35.5. The molecule has 0 aliphatic carbocycles. The molecule has 18 heavy (non-hydrogen) atoms. The Morgan fingerprint density at radius 3 is 2.67 bits per heavy atom. The second kappa shape index (κ2) is 6.76. The lowest BCUT2D eigenvalue weighted by molar-refractivity contribution is 0.795. The van der Waals surface area contributed by atoms with Crippen LogP contribution in [0.25, 0.3) is 0 Å². The number of rotatable bonds is 6. The van der Waals surface area contributed by atoms with Gasteiger partial charge in [-0.15, -0.1) is 11.3 Å². The number of hydrogen-bond donors (Lipinski definition) is 1. The van der Waals surface area contributed by atoms with Gasteiger partial charge in [-0.05, 0) is 30.5 Å². The van der Waals surface area contributed by atoms with Crippen LogP contribution in [0.15, 0.2) is 30.5 Å². The zero-order chi connectivity index (χ0) is 12.8. The van der Waals surface area contributed by atoms with Gasteiger partial charge < -0.3 is 5.32 Å². The first kappa shape index (κ1) is 13.4. The molecule has 0 aliphatic rings. The number of aryl methyl sites for hydroxylation is 1. The van der Waals surface area contributed by atoms with Gasteiger partial charge in [0.1, 0.15) is 0 Å². The summed E-state index contributed by atoms with van der Waals surface area (Å²) < 4.78 is 0.599. The molecule has 0 bridgehead atoms. The van der Waals surface area contributed by atoms with Crippen LogP contribution < -0.4 is 5.32 Å². The van der Waals surface area contributed by atoms with Crippen molar-refractivity contribution >= 4 is 28.6 Å². The Kier molecular flexibility index (Phi) is 5.02. The van der Waals surface area contributed by atoms with Crippen molar-refractivity contribution in [2.24, 2.45) is 0 Å². The summed E-state index contributed by atoms with van der Waals surface area (Å²) in [6, 6.07) is 8.65. The molecule has 1 N–H and O–H groups in total. The Morgan fingerprint density at radius 2 is 2.06 bits per heavy atom. The number of nitrogens with zero attached hydrogens (tertiary/aromatic N) is 1. The molecule has 0 saturated carbocycles. The standard InChI is InChI=1S/C14H17ClN2S/c1-2-3-4-11-5-7-12(8-6-11)16-9-13-10-17-14(15)18-13/h5-8,10,16H,2-4,9H2,1H3. The largest absolute Gasteiger partial charge is 0.380 e. The first-order valence-corrected chi connectivity index (χ1v) is 7.40. The van der Waals surface area contributed by atoms with Gasteiger partial charge >= 0.3 is 0 Å². The van der Waals surface area contributed by atoms with E-state index in [1.165, 1.54) is 36.2 Å². The van der Waals surface area contributed by atoms with Gasteiger partial charge in [-0.3, -0.25) is 0 Å². The minimum absolute atomic E-state index is 0.599. The summed E-state index contributed by atoms with van der Waals surface area (Å²) in [4.78, 5) is 5.17. The molecule has 0 radical (unpaired) electrons. The summed E-state index contributed by atoms with van der Waals surface area (Å²) in [5.74, 6) is 0. The molecule has 0 aliphatic heterocycles. The lowest BCUT2D eigenvalue weighted by Gasteiger charge is -2.06. The van der Waals surface area contributed by atoms with E-state index in [1.807, 2.05) is 6.20 Å². The molecule has 0 fully saturated rings. The van der Waals surface area contributed by atoms with E-state index in [2.05, 4.69) is 41.5 Å². The van der Waals surface area contributed by atoms with Gasteiger partial charge in [-0.25, -0.2) is 4.98 Å². The second-order valence-corrected chi connectivity index (χ2v) is 5.93. The molecule has 0 unspecified atom stereocenters. The normalized spacial score (nSPS) is 10.6. The van der Waals surface area contributed by atoms with Crippen molar-refractivity contribution in [3.63, 3.8) is 0 Å². The SMILES string of the molecule is CCCCc1ccc(NCc2cnc(Cl)s2)cc1. The number of hydrogen-bond acceptors (Lipinski definition) is 3. The third-order valence-electron chi connectivity index (χ3n) is 2.77. The molecule has 96 valence electrons. The van der Waals surface area contributed by atoms with Crippen molar-refractivity contribution < 1.29 is 0 Å². The zero-order valence-electron chi connectivity index (χ0n) is 10.4. The van der Waals surface area contributed by atoms with E-state index < -0.39 is 0 Å². The lowest BCUT2D eigenvalue weighted by Crippen LogP contribution is -1.97. The fraction of sp³-hybridized carbons (Fsp3) is 0.357. The Bertz CT molecular complexity index is 479. The molecule has 0 saturated heterocycles. The van der Waals surface area contributed by atoms with Gasteiger partial charge in [0, 0.05) is 16.8 Å². The van der Waals surface area contributed by atoms with Crippen LogP contribution in [0.5, 0.6) is 0 Å². The van der Waals surface area contributed by atoms with Crippen LogP contribution >= 0.6 is 22.9 Å². The second-order valence-electron chi connectivity index (χ2n) is 4.23. The maximum Gasteiger partial charge on any atom is 0.183 e. The lowest BCUT2D eigenvalue weighted by atomic mass is 10.1. The number of benzene rings is 1. The molecule has 0 atom stereocenters. The maximum atomic E-state index is 5.79. The van der Waals surface area contributed by atoms with Gasteiger partial charge in [0.15, 0.2) is 4.47 Å². The summed E-state index contributed by atoms with van der Waals surface area (Å²) in [6.07, 6.45) is 5.48.